The van der Waals surface area contributed by atoms with Crippen molar-refractivity contribution in [2.75, 3.05) is 24.3 Å². The van der Waals surface area contributed by atoms with Gasteiger partial charge in [0.25, 0.3) is 0 Å². The van der Waals surface area contributed by atoms with Gasteiger partial charge in [0, 0.05) is 24.0 Å². The number of benzene rings is 2. The third kappa shape index (κ3) is 4.00. The Labute approximate surface area is 151 Å². The molecule has 0 aliphatic heterocycles. The predicted molar refractivity (Wildman–Crippen MR) is 102 cm³/mol. The molecular formula is C19H21N5O2. The zero-order valence-corrected chi connectivity index (χ0v) is 14.6. The number of amides is 1. The fourth-order valence-corrected chi connectivity index (χ4v) is 2.73. The molecule has 0 spiro atoms. The molecule has 1 aromatic heterocycles. The molecule has 7 nitrogen and oxygen atoms in total. The van der Waals surface area contributed by atoms with Crippen LogP contribution in [0.5, 0.6) is 5.75 Å². The lowest BCUT2D eigenvalue weighted by Crippen LogP contribution is -2.28. The highest BCUT2D eigenvalue weighted by molar-refractivity contribution is 5.87. The number of nitrogen functional groups attached to an aromatic ring is 1. The maximum Gasteiger partial charge on any atom is 0.219 e. The first-order valence-electron chi connectivity index (χ1n) is 8.25. The number of primary amides is 1. The molecule has 0 unspecified atom stereocenters. The molecule has 0 bridgehead atoms. The van der Waals surface area contributed by atoms with E-state index in [1.165, 1.54) is 0 Å². The van der Waals surface area contributed by atoms with Gasteiger partial charge in [-0.1, -0.05) is 12.1 Å². The maximum atomic E-state index is 11.2. The molecule has 2 aromatic carbocycles. The fraction of sp³-hybridized carbons (Fsp3) is 0.211. The van der Waals surface area contributed by atoms with Gasteiger partial charge < -0.3 is 21.1 Å². The summed E-state index contributed by atoms with van der Waals surface area (Å²) in [6.45, 7) is 0.867. The molecular weight excluding hydrogens is 330 g/mol. The Hall–Kier alpha value is -3.35. The van der Waals surface area contributed by atoms with E-state index < -0.39 is 0 Å². The van der Waals surface area contributed by atoms with Crippen molar-refractivity contribution in [3.8, 4) is 5.75 Å². The van der Waals surface area contributed by atoms with Crippen LogP contribution in [0.3, 0.4) is 0 Å². The highest BCUT2D eigenvalue weighted by atomic mass is 16.5. The molecule has 1 amide bonds. The normalized spacial score (nSPS) is 10.7. The molecule has 1 heterocycles. The summed E-state index contributed by atoms with van der Waals surface area (Å²) in [5.74, 6) is 1.42. The smallest absolute Gasteiger partial charge is 0.219 e. The van der Waals surface area contributed by atoms with Crippen LogP contribution in [0.2, 0.25) is 0 Å². The monoisotopic (exact) mass is 351 g/mol. The second-order valence-electron chi connectivity index (χ2n) is 5.88. The van der Waals surface area contributed by atoms with Crippen molar-refractivity contribution in [3.63, 3.8) is 0 Å². The number of hydrogen-bond acceptors (Lipinski definition) is 6. The Kier molecular flexibility index (Phi) is 5.17. The lowest BCUT2D eigenvalue weighted by molar-refractivity contribution is -0.117. The minimum absolute atomic E-state index is 0.231. The summed E-state index contributed by atoms with van der Waals surface area (Å²) in [6.07, 6.45) is 0.231. The number of para-hydroxylation sites is 1. The Morgan fingerprint density at radius 3 is 2.54 bits per heavy atom. The van der Waals surface area contributed by atoms with Gasteiger partial charge in [0.05, 0.1) is 19.2 Å². The van der Waals surface area contributed by atoms with Crippen LogP contribution in [0.25, 0.3) is 10.9 Å². The first kappa shape index (κ1) is 17.5. The average molecular weight is 351 g/mol. The number of anilines is 2. The van der Waals surface area contributed by atoms with E-state index in [1.807, 2.05) is 53.4 Å². The molecule has 0 aliphatic carbocycles. The minimum Gasteiger partial charge on any atom is -0.497 e. The number of carbonyl (C=O) groups is 1. The van der Waals surface area contributed by atoms with E-state index in [1.54, 1.807) is 7.11 Å². The molecule has 4 N–H and O–H groups in total. The van der Waals surface area contributed by atoms with E-state index >= 15 is 0 Å². The highest BCUT2D eigenvalue weighted by Gasteiger charge is 2.13. The Balaban J connectivity index is 1.90. The van der Waals surface area contributed by atoms with Crippen molar-refractivity contribution >= 4 is 28.3 Å². The summed E-state index contributed by atoms with van der Waals surface area (Å²) < 4.78 is 5.20. The Morgan fingerprint density at radius 1 is 1.12 bits per heavy atom. The topological polar surface area (TPSA) is 107 Å². The van der Waals surface area contributed by atoms with Crippen LogP contribution in [0.4, 0.5) is 11.5 Å². The van der Waals surface area contributed by atoms with Gasteiger partial charge in [-0.15, -0.1) is 0 Å². The standard InChI is InChI=1S/C19H21N5O2/c1-26-14-8-6-13(7-9-14)24(11-10-17(20)25)12-18-22-16-5-3-2-4-15(16)19(21)23-18/h2-9H,10-12H2,1H3,(H2,20,25)(H2,21,22,23). The second kappa shape index (κ2) is 7.69. The molecule has 0 aliphatic rings. The van der Waals surface area contributed by atoms with Gasteiger partial charge in [-0.05, 0) is 36.4 Å². The number of carbonyl (C=O) groups excluding carboxylic acids is 1. The zero-order chi connectivity index (χ0) is 18.5. The molecule has 0 radical (unpaired) electrons. The first-order chi connectivity index (χ1) is 12.6. The van der Waals surface area contributed by atoms with Crippen LogP contribution in [-0.2, 0) is 11.3 Å². The van der Waals surface area contributed by atoms with E-state index in [0.717, 1.165) is 22.3 Å². The van der Waals surface area contributed by atoms with E-state index in [0.29, 0.717) is 24.7 Å². The van der Waals surface area contributed by atoms with Crippen molar-refractivity contribution in [2.24, 2.45) is 5.73 Å². The lowest BCUT2D eigenvalue weighted by Gasteiger charge is -2.24. The molecule has 3 rings (SSSR count). The Bertz CT molecular complexity index is 911. The number of ether oxygens (including phenoxy) is 1. The summed E-state index contributed by atoms with van der Waals surface area (Å²) in [5, 5.41) is 0.824. The van der Waals surface area contributed by atoms with Gasteiger partial charge in [-0.2, -0.15) is 0 Å². The fourth-order valence-electron chi connectivity index (χ4n) is 2.73. The van der Waals surface area contributed by atoms with Crippen LogP contribution in [-0.4, -0.2) is 29.5 Å². The number of methoxy groups -OCH3 is 1. The average Bonchev–Trinajstić information content (AvgIpc) is 2.65. The Morgan fingerprint density at radius 2 is 1.85 bits per heavy atom. The van der Waals surface area contributed by atoms with Crippen LogP contribution >= 0.6 is 0 Å². The maximum absolute atomic E-state index is 11.2. The summed E-state index contributed by atoms with van der Waals surface area (Å²) >= 11 is 0. The van der Waals surface area contributed by atoms with Gasteiger partial charge in [-0.25, -0.2) is 9.97 Å². The SMILES string of the molecule is COc1ccc(N(CCC(N)=O)Cc2nc(N)c3ccccc3n2)cc1. The summed E-state index contributed by atoms with van der Waals surface area (Å²) in [7, 11) is 1.62. The zero-order valence-electron chi connectivity index (χ0n) is 14.6. The van der Waals surface area contributed by atoms with Crippen LogP contribution < -0.4 is 21.1 Å². The van der Waals surface area contributed by atoms with E-state index in [-0.39, 0.29) is 12.3 Å². The quantitative estimate of drug-likeness (QED) is 0.675. The largest absolute Gasteiger partial charge is 0.497 e. The number of nitrogens with two attached hydrogens (primary N) is 2. The second-order valence-corrected chi connectivity index (χ2v) is 5.88. The van der Waals surface area contributed by atoms with E-state index in [9.17, 15) is 4.79 Å². The molecule has 0 fully saturated rings. The minimum atomic E-state index is -0.359. The number of rotatable bonds is 7. The third-order valence-electron chi connectivity index (χ3n) is 4.08. The van der Waals surface area contributed by atoms with Gasteiger partial charge in [-0.3, -0.25) is 4.79 Å². The van der Waals surface area contributed by atoms with Gasteiger partial charge in [0.15, 0.2) is 5.82 Å². The van der Waals surface area contributed by atoms with Crippen LogP contribution in [0.1, 0.15) is 12.2 Å². The molecule has 0 saturated heterocycles. The molecule has 3 aromatic rings. The van der Waals surface area contributed by atoms with Crippen molar-refractivity contribution < 1.29 is 9.53 Å². The first-order valence-corrected chi connectivity index (χ1v) is 8.25. The van der Waals surface area contributed by atoms with Crippen molar-refractivity contribution in [1.82, 2.24) is 9.97 Å². The number of fused-ring (bicyclic) bond motifs is 1. The summed E-state index contributed by atoms with van der Waals surface area (Å²) in [4.78, 5) is 22.2. The molecule has 134 valence electrons. The van der Waals surface area contributed by atoms with Gasteiger partial charge in [0.2, 0.25) is 5.91 Å². The van der Waals surface area contributed by atoms with Crippen molar-refractivity contribution in [3.05, 3.63) is 54.4 Å². The van der Waals surface area contributed by atoms with Crippen molar-refractivity contribution in [1.29, 1.82) is 0 Å². The van der Waals surface area contributed by atoms with E-state index in [4.69, 9.17) is 16.2 Å². The van der Waals surface area contributed by atoms with Gasteiger partial charge in [0.1, 0.15) is 11.6 Å². The number of hydrogen-bond donors (Lipinski definition) is 2. The predicted octanol–water partition coefficient (Wildman–Crippen LogP) is 2.10. The van der Waals surface area contributed by atoms with Crippen LogP contribution in [0, 0.1) is 0 Å². The molecule has 7 heteroatoms. The summed E-state index contributed by atoms with van der Waals surface area (Å²) in [5.41, 5.74) is 13.1. The lowest BCUT2D eigenvalue weighted by atomic mass is 10.2. The number of aromatic nitrogens is 2. The van der Waals surface area contributed by atoms with Crippen molar-refractivity contribution in [2.45, 2.75) is 13.0 Å². The highest BCUT2D eigenvalue weighted by Crippen LogP contribution is 2.22. The van der Waals surface area contributed by atoms with Gasteiger partial charge >= 0.3 is 0 Å². The molecule has 26 heavy (non-hydrogen) atoms. The molecule has 0 atom stereocenters. The third-order valence-corrected chi connectivity index (χ3v) is 4.08. The van der Waals surface area contributed by atoms with Crippen LogP contribution in [0.15, 0.2) is 48.5 Å². The number of nitrogens with zero attached hydrogens (tertiary/aromatic N) is 3. The summed E-state index contributed by atoms with van der Waals surface area (Å²) in [6, 6.07) is 15.2. The molecule has 0 saturated carbocycles. The van der Waals surface area contributed by atoms with E-state index in [2.05, 4.69) is 9.97 Å².